The van der Waals surface area contributed by atoms with Crippen molar-refractivity contribution in [3.05, 3.63) is 32.8 Å². The van der Waals surface area contributed by atoms with Gasteiger partial charge >= 0.3 is 5.97 Å². The van der Waals surface area contributed by atoms with Crippen LogP contribution >= 0.6 is 15.9 Å². The molecule has 0 amide bonds. The number of nitrogens with one attached hydrogen (secondary N) is 1. The van der Waals surface area contributed by atoms with Gasteiger partial charge < -0.3 is 10.4 Å². The lowest BCUT2D eigenvalue weighted by molar-refractivity contribution is -0.384. The molecule has 19 heavy (non-hydrogen) atoms. The summed E-state index contributed by atoms with van der Waals surface area (Å²) >= 11 is 3.26. The lowest BCUT2D eigenvalue weighted by atomic mass is 9.98. The smallest absolute Gasteiger partial charge is 0.303 e. The first-order chi connectivity index (χ1) is 8.71. The number of hydrogen-bond acceptors (Lipinski definition) is 4. The van der Waals surface area contributed by atoms with Crippen LogP contribution in [0, 0.1) is 10.1 Å². The second-order valence-electron chi connectivity index (χ2n) is 4.82. The van der Waals surface area contributed by atoms with E-state index in [-0.39, 0.29) is 12.1 Å². The summed E-state index contributed by atoms with van der Waals surface area (Å²) < 4.78 is 0.574. The molecule has 0 heterocycles. The van der Waals surface area contributed by atoms with Crippen molar-refractivity contribution in [1.29, 1.82) is 0 Å². The monoisotopic (exact) mass is 330 g/mol. The number of nitro benzene ring substituents is 1. The van der Waals surface area contributed by atoms with Crippen LogP contribution in [0.5, 0.6) is 0 Å². The number of aliphatic carboxylic acids is 1. The molecule has 0 saturated carbocycles. The molecule has 1 aromatic rings. The van der Waals surface area contributed by atoms with Crippen molar-refractivity contribution < 1.29 is 14.8 Å². The maximum Gasteiger partial charge on any atom is 0.303 e. The van der Waals surface area contributed by atoms with Gasteiger partial charge in [0.05, 0.1) is 4.92 Å². The highest BCUT2D eigenvalue weighted by Gasteiger charge is 2.20. The van der Waals surface area contributed by atoms with Crippen LogP contribution in [0.25, 0.3) is 0 Å². The molecule has 0 bridgehead atoms. The fourth-order valence-corrected chi connectivity index (χ4v) is 2.03. The number of carboxylic acid groups (broad SMARTS) is 1. The molecular formula is C12H15BrN2O4. The molecule has 0 atom stereocenters. The molecular weight excluding hydrogens is 316 g/mol. The van der Waals surface area contributed by atoms with Crippen molar-refractivity contribution in [2.24, 2.45) is 0 Å². The van der Waals surface area contributed by atoms with E-state index in [0.29, 0.717) is 16.6 Å². The van der Waals surface area contributed by atoms with Crippen molar-refractivity contribution >= 4 is 33.3 Å². The fraction of sp³-hybridized carbons (Fsp3) is 0.417. The molecule has 104 valence electrons. The van der Waals surface area contributed by atoms with E-state index in [2.05, 4.69) is 21.2 Å². The number of rotatable bonds is 6. The van der Waals surface area contributed by atoms with Gasteiger partial charge in [-0.1, -0.05) is 0 Å². The van der Waals surface area contributed by atoms with Gasteiger partial charge in [-0.3, -0.25) is 14.9 Å². The maximum absolute atomic E-state index is 10.6. The van der Waals surface area contributed by atoms with E-state index >= 15 is 0 Å². The Morgan fingerprint density at radius 2 is 2.16 bits per heavy atom. The Hall–Kier alpha value is -1.63. The van der Waals surface area contributed by atoms with E-state index in [1.54, 1.807) is 6.07 Å². The number of nitro groups is 1. The third kappa shape index (κ3) is 4.86. The van der Waals surface area contributed by atoms with Crippen LogP contribution in [0.4, 0.5) is 11.4 Å². The average molecular weight is 331 g/mol. The largest absolute Gasteiger partial charge is 0.481 e. The number of benzene rings is 1. The molecule has 1 rings (SSSR count). The molecule has 0 fully saturated rings. The van der Waals surface area contributed by atoms with E-state index in [1.807, 2.05) is 13.8 Å². The second kappa shape index (κ2) is 6.01. The first-order valence-corrected chi connectivity index (χ1v) is 6.44. The number of carboxylic acids is 1. The molecule has 0 saturated heterocycles. The molecule has 0 aliphatic carbocycles. The number of non-ortho nitro benzene ring substituents is 1. The number of nitrogens with zero attached hydrogens (tertiary/aromatic N) is 1. The van der Waals surface area contributed by atoms with E-state index in [4.69, 9.17) is 5.11 Å². The second-order valence-corrected chi connectivity index (χ2v) is 5.68. The number of halogens is 1. The first kappa shape index (κ1) is 15.4. The standard InChI is InChI=1S/C12H15BrN2O4/c1-12(2,6-5-11(16)17)14-10-4-3-8(15(18)19)7-9(10)13/h3-4,7,14H,5-6H2,1-2H3,(H,16,17). The fourth-order valence-electron chi connectivity index (χ4n) is 1.57. The van der Waals surface area contributed by atoms with Gasteiger partial charge in [0.2, 0.25) is 0 Å². The summed E-state index contributed by atoms with van der Waals surface area (Å²) in [6.45, 7) is 3.76. The topological polar surface area (TPSA) is 92.5 Å². The highest BCUT2D eigenvalue weighted by Crippen LogP contribution is 2.30. The summed E-state index contributed by atoms with van der Waals surface area (Å²) in [6.07, 6.45) is 0.510. The molecule has 2 N–H and O–H groups in total. The van der Waals surface area contributed by atoms with Crippen molar-refractivity contribution in [1.82, 2.24) is 0 Å². The third-order valence-corrected chi connectivity index (χ3v) is 3.26. The quantitative estimate of drug-likeness (QED) is 0.615. The van der Waals surface area contributed by atoms with Crippen LogP contribution < -0.4 is 5.32 Å². The van der Waals surface area contributed by atoms with Crippen molar-refractivity contribution in [3.63, 3.8) is 0 Å². The lowest BCUT2D eigenvalue weighted by Crippen LogP contribution is -2.31. The van der Waals surface area contributed by atoms with Gasteiger partial charge in [0.1, 0.15) is 0 Å². The van der Waals surface area contributed by atoms with Crippen LogP contribution in [-0.4, -0.2) is 21.5 Å². The van der Waals surface area contributed by atoms with Crippen molar-refractivity contribution in [2.75, 3.05) is 5.32 Å². The van der Waals surface area contributed by atoms with E-state index in [9.17, 15) is 14.9 Å². The molecule has 0 unspecified atom stereocenters. The molecule has 0 spiro atoms. The average Bonchev–Trinajstić information content (AvgIpc) is 2.29. The Bertz CT molecular complexity index is 503. The van der Waals surface area contributed by atoms with Gasteiger partial charge in [0, 0.05) is 34.3 Å². The first-order valence-electron chi connectivity index (χ1n) is 5.65. The molecule has 0 radical (unpaired) electrons. The van der Waals surface area contributed by atoms with E-state index in [0.717, 1.165) is 0 Å². The van der Waals surface area contributed by atoms with Gasteiger partial charge in [-0.2, -0.15) is 0 Å². The van der Waals surface area contributed by atoms with E-state index in [1.165, 1.54) is 12.1 Å². The maximum atomic E-state index is 10.6. The van der Waals surface area contributed by atoms with Gasteiger partial charge in [0.25, 0.3) is 5.69 Å². The van der Waals surface area contributed by atoms with Gasteiger partial charge in [0.15, 0.2) is 0 Å². The molecule has 0 aliphatic rings. The zero-order valence-electron chi connectivity index (χ0n) is 10.6. The Kier molecular flexibility index (Phi) is 4.88. The Morgan fingerprint density at radius 1 is 1.53 bits per heavy atom. The number of carbonyl (C=O) groups is 1. The summed E-state index contributed by atoms with van der Waals surface area (Å²) in [6, 6.07) is 4.42. The summed E-state index contributed by atoms with van der Waals surface area (Å²) in [4.78, 5) is 20.7. The summed E-state index contributed by atoms with van der Waals surface area (Å²) in [5, 5.41) is 22.5. The molecule has 7 heteroatoms. The zero-order chi connectivity index (χ0) is 14.6. The highest BCUT2D eigenvalue weighted by molar-refractivity contribution is 9.10. The van der Waals surface area contributed by atoms with Gasteiger partial charge in [-0.05, 0) is 42.3 Å². The normalized spacial score (nSPS) is 11.1. The van der Waals surface area contributed by atoms with Crippen LogP contribution in [0.1, 0.15) is 26.7 Å². The minimum Gasteiger partial charge on any atom is -0.481 e. The zero-order valence-corrected chi connectivity index (χ0v) is 12.2. The molecule has 0 aromatic heterocycles. The predicted octanol–water partition coefficient (Wildman–Crippen LogP) is 3.41. The Morgan fingerprint density at radius 3 is 2.63 bits per heavy atom. The van der Waals surface area contributed by atoms with E-state index < -0.39 is 16.4 Å². The number of anilines is 1. The molecule has 6 nitrogen and oxygen atoms in total. The van der Waals surface area contributed by atoms with Crippen molar-refractivity contribution in [3.8, 4) is 0 Å². The Labute approximate surface area is 119 Å². The SMILES string of the molecule is CC(C)(CCC(=O)O)Nc1ccc([N+](=O)[O-])cc1Br. The van der Waals surface area contributed by atoms with Gasteiger partial charge in [-0.25, -0.2) is 0 Å². The van der Waals surface area contributed by atoms with Gasteiger partial charge in [-0.15, -0.1) is 0 Å². The van der Waals surface area contributed by atoms with Crippen LogP contribution in [0.15, 0.2) is 22.7 Å². The van der Waals surface area contributed by atoms with Crippen LogP contribution in [0.3, 0.4) is 0 Å². The molecule has 1 aromatic carbocycles. The molecule has 0 aliphatic heterocycles. The number of hydrogen-bond donors (Lipinski definition) is 2. The predicted molar refractivity (Wildman–Crippen MR) is 75.4 cm³/mol. The lowest BCUT2D eigenvalue weighted by Gasteiger charge is -2.27. The minimum absolute atomic E-state index is 0.000710. The van der Waals surface area contributed by atoms with Crippen molar-refractivity contribution in [2.45, 2.75) is 32.2 Å². The Balaban J connectivity index is 2.81. The highest BCUT2D eigenvalue weighted by atomic mass is 79.9. The summed E-state index contributed by atoms with van der Waals surface area (Å²) in [7, 11) is 0. The van der Waals surface area contributed by atoms with Crippen LogP contribution in [0.2, 0.25) is 0 Å². The third-order valence-electron chi connectivity index (χ3n) is 2.60. The summed E-state index contributed by atoms with van der Waals surface area (Å²) in [5.41, 5.74) is 0.276. The minimum atomic E-state index is -0.849. The summed E-state index contributed by atoms with van der Waals surface area (Å²) in [5.74, 6) is -0.849. The van der Waals surface area contributed by atoms with Crippen LogP contribution in [-0.2, 0) is 4.79 Å².